The van der Waals surface area contributed by atoms with Crippen LogP contribution in [0, 0.1) is 27.7 Å². The molecule has 104 valence electrons. The van der Waals surface area contributed by atoms with Crippen LogP contribution in [0.2, 0.25) is 0 Å². The van der Waals surface area contributed by atoms with Gasteiger partial charge in [-0.2, -0.15) is 5.10 Å². The van der Waals surface area contributed by atoms with Gasteiger partial charge in [0.15, 0.2) is 0 Å². The number of aryl methyl sites for hydroxylation is 4. The highest BCUT2D eigenvalue weighted by atomic mass is 32.1. The highest BCUT2D eigenvalue weighted by Crippen LogP contribution is 2.20. The predicted molar refractivity (Wildman–Crippen MR) is 79.7 cm³/mol. The Morgan fingerprint density at radius 3 is 2.32 bits per heavy atom. The van der Waals surface area contributed by atoms with Crippen molar-refractivity contribution in [3.05, 3.63) is 32.5 Å². The molecule has 0 amide bonds. The highest BCUT2D eigenvalue weighted by molar-refractivity contribution is 7.11. The lowest BCUT2D eigenvalue weighted by atomic mass is 10.0. The Hall–Kier alpha value is -1.20. The third kappa shape index (κ3) is 3.04. The summed E-state index contributed by atoms with van der Waals surface area (Å²) in [4.78, 5) is 5.85. The topological polar surface area (TPSA) is 56.7 Å². The van der Waals surface area contributed by atoms with E-state index in [9.17, 15) is 0 Å². The van der Waals surface area contributed by atoms with E-state index in [0.29, 0.717) is 0 Å². The average molecular weight is 278 g/mol. The lowest BCUT2D eigenvalue weighted by molar-refractivity contribution is 0.655. The van der Waals surface area contributed by atoms with Gasteiger partial charge in [-0.15, -0.1) is 11.3 Å². The fourth-order valence-electron chi connectivity index (χ4n) is 2.30. The summed E-state index contributed by atoms with van der Waals surface area (Å²) in [6.45, 7) is 8.31. The molecule has 2 aromatic heterocycles. The summed E-state index contributed by atoms with van der Waals surface area (Å²) in [5.41, 5.74) is 11.0. The molecule has 2 heterocycles. The minimum absolute atomic E-state index is 0.103. The molecule has 0 aliphatic rings. The first kappa shape index (κ1) is 14.2. The number of nitrogens with zero attached hydrogens (tertiary/aromatic N) is 3. The fraction of sp³-hybridized carbons (Fsp3) is 0.571. The standard InChI is InChI=1S/C14H22N4S/c1-8-11(4)19-14(16-8)7-12(15)6-13-9(2)17-18(5)10(13)3/h12H,6-7,15H2,1-5H3. The Morgan fingerprint density at radius 2 is 1.84 bits per heavy atom. The van der Waals surface area contributed by atoms with Crippen LogP contribution in [0.1, 0.15) is 32.5 Å². The third-order valence-corrected chi connectivity index (χ3v) is 4.73. The molecule has 0 saturated carbocycles. The second-order valence-corrected chi connectivity index (χ2v) is 6.48. The second-order valence-electron chi connectivity index (χ2n) is 5.19. The van der Waals surface area contributed by atoms with Crippen molar-refractivity contribution in [2.24, 2.45) is 12.8 Å². The van der Waals surface area contributed by atoms with Gasteiger partial charge in [0.05, 0.1) is 16.4 Å². The minimum Gasteiger partial charge on any atom is -0.327 e. The van der Waals surface area contributed by atoms with Crippen LogP contribution in [0.25, 0.3) is 0 Å². The normalized spacial score (nSPS) is 12.9. The maximum absolute atomic E-state index is 6.27. The summed E-state index contributed by atoms with van der Waals surface area (Å²) in [7, 11) is 1.98. The SMILES string of the molecule is Cc1nc(CC(N)Cc2c(C)nn(C)c2C)sc1C. The Kier molecular flexibility index (Phi) is 4.06. The van der Waals surface area contributed by atoms with E-state index in [0.717, 1.165) is 29.2 Å². The molecular weight excluding hydrogens is 256 g/mol. The quantitative estimate of drug-likeness (QED) is 0.933. The van der Waals surface area contributed by atoms with Crippen LogP contribution in [-0.2, 0) is 19.9 Å². The molecule has 1 atom stereocenters. The van der Waals surface area contributed by atoms with E-state index in [1.165, 1.54) is 16.1 Å². The molecule has 0 bridgehead atoms. The van der Waals surface area contributed by atoms with Crippen LogP contribution in [0.4, 0.5) is 0 Å². The number of thiazole rings is 1. The minimum atomic E-state index is 0.103. The highest BCUT2D eigenvalue weighted by Gasteiger charge is 2.15. The number of hydrogen-bond acceptors (Lipinski definition) is 4. The first-order valence-electron chi connectivity index (χ1n) is 6.56. The molecule has 5 heteroatoms. The smallest absolute Gasteiger partial charge is 0.0946 e. The second kappa shape index (κ2) is 5.43. The zero-order valence-electron chi connectivity index (χ0n) is 12.3. The molecule has 2 aromatic rings. The van der Waals surface area contributed by atoms with E-state index in [1.54, 1.807) is 11.3 Å². The van der Waals surface area contributed by atoms with Crippen LogP contribution >= 0.6 is 11.3 Å². The van der Waals surface area contributed by atoms with Crippen molar-refractivity contribution in [2.45, 2.75) is 46.6 Å². The van der Waals surface area contributed by atoms with E-state index in [1.807, 2.05) is 18.7 Å². The molecule has 0 radical (unpaired) electrons. The van der Waals surface area contributed by atoms with E-state index < -0.39 is 0 Å². The van der Waals surface area contributed by atoms with E-state index in [-0.39, 0.29) is 6.04 Å². The molecule has 2 N–H and O–H groups in total. The summed E-state index contributed by atoms with van der Waals surface area (Å²) >= 11 is 1.75. The molecule has 2 rings (SSSR count). The first-order chi connectivity index (χ1) is 8.88. The molecule has 1 unspecified atom stereocenters. The molecule has 0 saturated heterocycles. The van der Waals surface area contributed by atoms with Gasteiger partial charge in [-0.1, -0.05) is 0 Å². The largest absolute Gasteiger partial charge is 0.327 e. The Balaban J connectivity index is 2.07. The molecule has 0 aromatic carbocycles. The summed E-state index contributed by atoms with van der Waals surface area (Å²) in [5.74, 6) is 0. The summed E-state index contributed by atoms with van der Waals surface area (Å²) in [5, 5.41) is 5.58. The van der Waals surface area contributed by atoms with E-state index in [2.05, 4.69) is 30.9 Å². The number of nitrogens with two attached hydrogens (primary N) is 1. The van der Waals surface area contributed by atoms with Gasteiger partial charge in [0.25, 0.3) is 0 Å². The van der Waals surface area contributed by atoms with Crippen molar-refractivity contribution in [2.75, 3.05) is 0 Å². The van der Waals surface area contributed by atoms with Crippen molar-refractivity contribution in [1.29, 1.82) is 0 Å². The van der Waals surface area contributed by atoms with Crippen molar-refractivity contribution in [1.82, 2.24) is 14.8 Å². The summed E-state index contributed by atoms with van der Waals surface area (Å²) in [6, 6.07) is 0.103. The van der Waals surface area contributed by atoms with Gasteiger partial charge in [-0.05, 0) is 39.7 Å². The lowest BCUT2D eigenvalue weighted by Crippen LogP contribution is -2.26. The van der Waals surface area contributed by atoms with Gasteiger partial charge in [0.1, 0.15) is 0 Å². The van der Waals surface area contributed by atoms with Gasteiger partial charge >= 0.3 is 0 Å². The van der Waals surface area contributed by atoms with E-state index >= 15 is 0 Å². The van der Waals surface area contributed by atoms with Gasteiger partial charge in [-0.25, -0.2) is 4.98 Å². The van der Waals surface area contributed by atoms with Crippen molar-refractivity contribution in [3.63, 3.8) is 0 Å². The molecule has 0 aliphatic heterocycles. The van der Waals surface area contributed by atoms with Crippen LogP contribution in [0.3, 0.4) is 0 Å². The summed E-state index contributed by atoms with van der Waals surface area (Å²) in [6.07, 6.45) is 1.70. The Morgan fingerprint density at radius 1 is 1.16 bits per heavy atom. The molecule has 0 aliphatic carbocycles. The maximum Gasteiger partial charge on any atom is 0.0946 e. The van der Waals surface area contributed by atoms with Gasteiger partial charge in [-0.3, -0.25) is 4.68 Å². The summed E-state index contributed by atoms with van der Waals surface area (Å²) < 4.78 is 1.93. The number of aromatic nitrogens is 3. The van der Waals surface area contributed by atoms with E-state index in [4.69, 9.17) is 5.73 Å². The van der Waals surface area contributed by atoms with Crippen LogP contribution in [-0.4, -0.2) is 20.8 Å². The monoisotopic (exact) mass is 278 g/mol. The molecule has 0 fully saturated rings. The average Bonchev–Trinajstić information content (AvgIpc) is 2.74. The Labute approximate surface area is 118 Å². The van der Waals surface area contributed by atoms with Crippen molar-refractivity contribution in [3.8, 4) is 0 Å². The molecule has 19 heavy (non-hydrogen) atoms. The zero-order valence-corrected chi connectivity index (χ0v) is 13.1. The first-order valence-corrected chi connectivity index (χ1v) is 7.37. The predicted octanol–water partition coefficient (Wildman–Crippen LogP) is 2.22. The third-order valence-electron chi connectivity index (χ3n) is 3.63. The lowest BCUT2D eigenvalue weighted by Gasteiger charge is -2.10. The van der Waals surface area contributed by atoms with Gasteiger partial charge in [0.2, 0.25) is 0 Å². The van der Waals surface area contributed by atoms with Gasteiger partial charge in [0, 0.05) is 30.1 Å². The molecular formula is C14H22N4S. The maximum atomic E-state index is 6.27. The number of rotatable bonds is 4. The number of hydrogen-bond donors (Lipinski definition) is 1. The van der Waals surface area contributed by atoms with Crippen LogP contribution in [0.5, 0.6) is 0 Å². The van der Waals surface area contributed by atoms with Crippen LogP contribution < -0.4 is 5.73 Å². The Bertz CT molecular complexity index is 563. The van der Waals surface area contributed by atoms with Crippen molar-refractivity contribution < 1.29 is 0 Å². The zero-order chi connectivity index (χ0) is 14.2. The van der Waals surface area contributed by atoms with Gasteiger partial charge < -0.3 is 5.73 Å². The molecule has 4 nitrogen and oxygen atoms in total. The fourth-order valence-corrected chi connectivity index (χ4v) is 3.32. The molecule has 0 spiro atoms. The van der Waals surface area contributed by atoms with Crippen LogP contribution in [0.15, 0.2) is 0 Å². The van der Waals surface area contributed by atoms with Crippen molar-refractivity contribution >= 4 is 11.3 Å².